The second kappa shape index (κ2) is 12.7. The number of aromatic nitrogens is 3. The van der Waals surface area contributed by atoms with Gasteiger partial charge in [0, 0.05) is 47.7 Å². The van der Waals surface area contributed by atoms with Crippen molar-refractivity contribution in [1.82, 2.24) is 15.0 Å². The standard InChI is InChI=1S/C51H39N3S/c1-50(2)42-26-15-22-38(40-24-13-23-39-37-20-11-12-27-43(37)55-46(39)40)45(42)51(3,4)41-25-14-21-36(44(41)50)32-28-30-35(31-29-32)49-53-47(33-16-7-5-8-17-33)52-48(54-49)34-18-9-6-10-19-34/h5-31H,1-4H3. The van der Waals surface area contributed by atoms with Gasteiger partial charge in [0.05, 0.1) is 0 Å². The average molecular weight is 726 g/mol. The Kier molecular flexibility index (Phi) is 7.69. The van der Waals surface area contributed by atoms with Crippen LogP contribution in [0, 0.1) is 0 Å². The summed E-state index contributed by atoms with van der Waals surface area (Å²) in [4.78, 5) is 14.9. The van der Waals surface area contributed by atoms with Crippen LogP contribution < -0.4 is 0 Å². The summed E-state index contributed by atoms with van der Waals surface area (Å²) in [5.41, 5.74) is 13.0. The van der Waals surface area contributed by atoms with Crippen molar-refractivity contribution < 1.29 is 0 Å². The molecule has 0 unspecified atom stereocenters. The van der Waals surface area contributed by atoms with Crippen molar-refractivity contribution in [1.29, 1.82) is 0 Å². The molecule has 0 bridgehead atoms. The number of thiophene rings is 1. The first-order chi connectivity index (χ1) is 26.8. The molecule has 10 rings (SSSR count). The number of rotatable bonds is 5. The molecule has 0 radical (unpaired) electrons. The molecule has 2 heterocycles. The predicted octanol–water partition coefficient (Wildman–Crippen LogP) is 13.5. The average Bonchev–Trinajstić information content (AvgIpc) is 3.62. The lowest BCUT2D eigenvalue weighted by Gasteiger charge is -2.46. The van der Waals surface area contributed by atoms with Crippen molar-refractivity contribution in [2.24, 2.45) is 0 Å². The van der Waals surface area contributed by atoms with Gasteiger partial charge in [0.2, 0.25) is 0 Å². The Labute approximate surface area is 326 Å². The molecule has 7 aromatic carbocycles. The number of benzene rings is 7. The zero-order chi connectivity index (χ0) is 37.3. The van der Waals surface area contributed by atoms with E-state index >= 15 is 0 Å². The summed E-state index contributed by atoms with van der Waals surface area (Å²) < 4.78 is 2.69. The van der Waals surface area contributed by atoms with Gasteiger partial charge in [0.1, 0.15) is 0 Å². The molecule has 0 saturated heterocycles. The van der Waals surface area contributed by atoms with E-state index in [2.05, 4.69) is 131 Å². The summed E-state index contributed by atoms with van der Waals surface area (Å²) in [6, 6.07) is 58.6. The second-order valence-corrected chi connectivity index (χ2v) is 16.7. The molecule has 3 nitrogen and oxygen atoms in total. The first-order valence-corrected chi connectivity index (χ1v) is 19.8. The van der Waals surface area contributed by atoms with E-state index in [1.807, 2.05) is 72.0 Å². The second-order valence-electron chi connectivity index (χ2n) is 15.6. The van der Waals surface area contributed by atoms with Crippen LogP contribution in [0.2, 0.25) is 0 Å². The quantitative estimate of drug-likeness (QED) is 0.177. The minimum Gasteiger partial charge on any atom is -0.208 e. The molecule has 1 aliphatic carbocycles. The monoisotopic (exact) mass is 725 g/mol. The Bertz CT molecular complexity index is 2850. The molecule has 0 aliphatic heterocycles. The van der Waals surface area contributed by atoms with E-state index in [1.54, 1.807) is 0 Å². The highest BCUT2D eigenvalue weighted by Gasteiger charge is 2.44. The van der Waals surface area contributed by atoms with Gasteiger partial charge >= 0.3 is 0 Å². The summed E-state index contributed by atoms with van der Waals surface area (Å²) in [6.07, 6.45) is 0. The zero-order valence-corrected chi connectivity index (χ0v) is 32.2. The molecular formula is C51H39N3S. The lowest BCUT2D eigenvalue weighted by atomic mass is 9.57. The smallest absolute Gasteiger partial charge is 0.164 e. The normalized spacial score (nSPS) is 14.1. The number of fused-ring (bicyclic) bond motifs is 5. The molecule has 0 saturated carbocycles. The number of nitrogens with zero attached hydrogens (tertiary/aromatic N) is 3. The third-order valence-corrected chi connectivity index (χ3v) is 12.8. The fraction of sp³-hybridized carbons (Fsp3) is 0.118. The maximum absolute atomic E-state index is 4.98. The van der Waals surface area contributed by atoms with Gasteiger partial charge in [0.15, 0.2) is 17.5 Å². The van der Waals surface area contributed by atoms with E-state index in [1.165, 1.54) is 64.7 Å². The van der Waals surface area contributed by atoms with Crippen LogP contribution in [0.1, 0.15) is 49.9 Å². The van der Waals surface area contributed by atoms with Gasteiger partial charge in [-0.1, -0.05) is 185 Å². The van der Waals surface area contributed by atoms with Crippen LogP contribution in [0.4, 0.5) is 0 Å². The Hall–Kier alpha value is -6.23. The maximum Gasteiger partial charge on any atom is 0.164 e. The van der Waals surface area contributed by atoms with Gasteiger partial charge in [0.25, 0.3) is 0 Å². The third-order valence-electron chi connectivity index (χ3n) is 11.6. The molecule has 0 fully saturated rings. The maximum atomic E-state index is 4.98. The lowest BCUT2D eigenvalue weighted by molar-refractivity contribution is 0.523. The summed E-state index contributed by atoms with van der Waals surface area (Å²) in [5.74, 6) is 1.98. The molecule has 9 aromatic rings. The van der Waals surface area contributed by atoms with E-state index in [0.29, 0.717) is 17.5 Å². The third kappa shape index (κ3) is 5.35. The molecule has 4 heteroatoms. The van der Waals surface area contributed by atoms with E-state index < -0.39 is 0 Å². The van der Waals surface area contributed by atoms with Crippen molar-refractivity contribution in [3.63, 3.8) is 0 Å². The molecule has 2 aromatic heterocycles. The predicted molar refractivity (Wildman–Crippen MR) is 231 cm³/mol. The van der Waals surface area contributed by atoms with E-state index in [4.69, 9.17) is 15.0 Å². The SMILES string of the molecule is CC1(C)c2cccc(-c3cccc4c3sc3ccccc34)c2C(C)(C)c2cccc(-c3ccc(-c4nc(-c5ccccc5)nc(-c5ccccc5)n4)cc3)c21. The van der Waals surface area contributed by atoms with Crippen LogP contribution in [-0.2, 0) is 10.8 Å². The molecule has 0 spiro atoms. The van der Waals surface area contributed by atoms with E-state index in [9.17, 15) is 0 Å². The fourth-order valence-corrected chi connectivity index (χ4v) is 10.2. The van der Waals surface area contributed by atoms with Crippen molar-refractivity contribution in [2.45, 2.75) is 38.5 Å². The van der Waals surface area contributed by atoms with Crippen molar-refractivity contribution in [3.8, 4) is 56.4 Å². The molecule has 0 N–H and O–H groups in total. The van der Waals surface area contributed by atoms with Crippen molar-refractivity contribution >= 4 is 31.5 Å². The van der Waals surface area contributed by atoms with Gasteiger partial charge in [-0.05, 0) is 50.6 Å². The van der Waals surface area contributed by atoms with Gasteiger partial charge in [-0.2, -0.15) is 0 Å². The Morgan fingerprint density at radius 1 is 0.364 bits per heavy atom. The van der Waals surface area contributed by atoms with Crippen LogP contribution in [0.15, 0.2) is 164 Å². The van der Waals surface area contributed by atoms with Crippen LogP contribution >= 0.6 is 11.3 Å². The molecule has 0 amide bonds. The van der Waals surface area contributed by atoms with Crippen LogP contribution in [0.3, 0.4) is 0 Å². The Morgan fingerprint density at radius 3 is 1.40 bits per heavy atom. The van der Waals surface area contributed by atoms with Gasteiger partial charge in [-0.25, -0.2) is 15.0 Å². The molecule has 55 heavy (non-hydrogen) atoms. The summed E-state index contributed by atoms with van der Waals surface area (Å²) >= 11 is 1.91. The van der Waals surface area contributed by atoms with E-state index in [-0.39, 0.29) is 10.8 Å². The molecule has 1 aliphatic rings. The highest BCUT2D eigenvalue weighted by Crippen LogP contribution is 2.55. The van der Waals surface area contributed by atoms with Crippen molar-refractivity contribution in [3.05, 3.63) is 186 Å². The van der Waals surface area contributed by atoms with Gasteiger partial charge < -0.3 is 0 Å². The highest BCUT2D eigenvalue weighted by atomic mass is 32.1. The van der Waals surface area contributed by atoms with Gasteiger partial charge in [-0.15, -0.1) is 11.3 Å². The largest absolute Gasteiger partial charge is 0.208 e. The molecule has 0 atom stereocenters. The van der Waals surface area contributed by atoms with Crippen LogP contribution in [0.5, 0.6) is 0 Å². The Morgan fingerprint density at radius 2 is 0.800 bits per heavy atom. The number of hydrogen-bond donors (Lipinski definition) is 0. The minimum atomic E-state index is -0.247. The van der Waals surface area contributed by atoms with Crippen LogP contribution in [-0.4, -0.2) is 15.0 Å². The summed E-state index contributed by atoms with van der Waals surface area (Å²) in [7, 11) is 0. The highest BCUT2D eigenvalue weighted by molar-refractivity contribution is 7.26. The number of hydrogen-bond acceptors (Lipinski definition) is 4. The first-order valence-electron chi connectivity index (χ1n) is 19.0. The summed E-state index contributed by atoms with van der Waals surface area (Å²) in [5, 5.41) is 2.66. The van der Waals surface area contributed by atoms with E-state index in [0.717, 1.165) is 16.7 Å². The topological polar surface area (TPSA) is 38.7 Å². The molecular weight excluding hydrogens is 687 g/mol. The fourth-order valence-electron chi connectivity index (χ4n) is 8.92. The van der Waals surface area contributed by atoms with Crippen molar-refractivity contribution in [2.75, 3.05) is 0 Å². The zero-order valence-electron chi connectivity index (χ0n) is 31.3. The minimum absolute atomic E-state index is 0.238. The first kappa shape index (κ1) is 33.3. The lowest BCUT2D eigenvalue weighted by Crippen LogP contribution is -2.37. The Balaban J connectivity index is 1.09. The summed E-state index contributed by atoms with van der Waals surface area (Å²) in [6.45, 7) is 9.64. The van der Waals surface area contributed by atoms with Crippen LogP contribution in [0.25, 0.3) is 76.6 Å². The van der Waals surface area contributed by atoms with Gasteiger partial charge in [-0.3, -0.25) is 0 Å². The molecule has 264 valence electrons.